The molecule has 0 unspecified atom stereocenters. The average Bonchev–Trinajstić information content (AvgIpc) is 2.98. The molecule has 0 bridgehead atoms. The van der Waals surface area contributed by atoms with Crippen molar-refractivity contribution >= 4 is 21.7 Å². The molecule has 0 aromatic heterocycles. The number of carbonyl (C=O) groups is 2. The summed E-state index contributed by atoms with van der Waals surface area (Å²) >= 11 is 0. The van der Waals surface area contributed by atoms with Gasteiger partial charge in [-0.05, 0) is 51.7 Å². The molecule has 162 valence electrons. The number of amides is 1. The lowest BCUT2D eigenvalue weighted by molar-refractivity contribution is -0.155. The summed E-state index contributed by atoms with van der Waals surface area (Å²) in [6.07, 6.45) is 1.10. The largest absolute Gasteiger partial charge is 0.481 e. The molecular weight excluding hydrogens is 394 g/mol. The number of ether oxygens (including phenoxy) is 2. The quantitative estimate of drug-likeness (QED) is 0.594. The van der Waals surface area contributed by atoms with E-state index in [1.54, 1.807) is 4.90 Å². The second-order valence-electron chi connectivity index (χ2n) is 7.79. The van der Waals surface area contributed by atoms with Crippen LogP contribution in [0.4, 0.5) is 0 Å². The van der Waals surface area contributed by atoms with Crippen molar-refractivity contribution in [3.05, 3.63) is 28.8 Å². The molecule has 29 heavy (non-hydrogen) atoms. The summed E-state index contributed by atoms with van der Waals surface area (Å²) in [6.45, 7) is 8.89. The van der Waals surface area contributed by atoms with Crippen molar-refractivity contribution in [2.45, 2.75) is 59.5 Å². The van der Waals surface area contributed by atoms with Gasteiger partial charge in [-0.2, -0.15) is 0 Å². The smallest absolute Gasteiger partial charge is 0.344 e. The predicted octanol–water partition coefficient (Wildman–Crippen LogP) is 2.35. The third-order valence-electron chi connectivity index (χ3n) is 5.25. The van der Waals surface area contributed by atoms with E-state index in [-0.39, 0.29) is 36.1 Å². The van der Waals surface area contributed by atoms with E-state index in [9.17, 15) is 18.0 Å². The molecule has 2 atom stereocenters. The highest BCUT2D eigenvalue weighted by Crippen LogP contribution is 2.24. The third-order valence-corrected chi connectivity index (χ3v) is 7.00. The molecule has 1 aliphatic heterocycles. The molecule has 2 rings (SSSR count). The van der Waals surface area contributed by atoms with Crippen LogP contribution in [0.25, 0.3) is 0 Å². The number of sulfone groups is 1. The Morgan fingerprint density at radius 2 is 1.79 bits per heavy atom. The highest BCUT2D eigenvalue weighted by molar-refractivity contribution is 7.91. The predicted molar refractivity (Wildman–Crippen MR) is 111 cm³/mol. The molecular formula is C21H31NO6S. The summed E-state index contributed by atoms with van der Waals surface area (Å²) in [4.78, 5) is 26.3. The lowest BCUT2D eigenvalue weighted by Gasteiger charge is -2.33. The maximum absolute atomic E-state index is 12.7. The Bertz CT molecular complexity index is 841. The molecule has 0 N–H and O–H groups in total. The van der Waals surface area contributed by atoms with Crippen molar-refractivity contribution < 1.29 is 27.5 Å². The Kier molecular flexibility index (Phi) is 7.68. The van der Waals surface area contributed by atoms with E-state index in [0.717, 1.165) is 16.7 Å². The van der Waals surface area contributed by atoms with Crippen LogP contribution in [0, 0.1) is 20.8 Å². The van der Waals surface area contributed by atoms with Crippen LogP contribution in [-0.2, 0) is 24.2 Å². The van der Waals surface area contributed by atoms with Crippen LogP contribution in [0.1, 0.15) is 43.4 Å². The van der Waals surface area contributed by atoms with Gasteiger partial charge in [-0.25, -0.2) is 13.2 Å². The van der Waals surface area contributed by atoms with Crippen LogP contribution in [0.2, 0.25) is 0 Å². The number of rotatable bonds is 8. The van der Waals surface area contributed by atoms with Crippen LogP contribution in [0.3, 0.4) is 0 Å². The number of esters is 1. The summed E-state index contributed by atoms with van der Waals surface area (Å²) in [5, 5.41) is 0. The fraction of sp³-hybridized carbons (Fsp3) is 0.619. The van der Waals surface area contributed by atoms with Crippen molar-refractivity contribution in [1.29, 1.82) is 0 Å². The van der Waals surface area contributed by atoms with Crippen molar-refractivity contribution in [2.75, 3.05) is 24.7 Å². The molecule has 1 heterocycles. The molecule has 0 saturated carbocycles. The Labute approximate surface area is 173 Å². The molecule has 0 radical (unpaired) electrons. The van der Waals surface area contributed by atoms with Crippen LogP contribution < -0.4 is 4.74 Å². The molecule has 1 saturated heterocycles. The molecule has 1 aliphatic rings. The molecule has 1 amide bonds. The summed E-state index contributed by atoms with van der Waals surface area (Å²) in [5.41, 5.74) is 2.97. The Hall–Kier alpha value is -2.09. The van der Waals surface area contributed by atoms with Gasteiger partial charge in [-0.15, -0.1) is 0 Å². The van der Waals surface area contributed by atoms with Crippen molar-refractivity contribution in [1.82, 2.24) is 4.90 Å². The van der Waals surface area contributed by atoms with Crippen molar-refractivity contribution in [3.63, 3.8) is 0 Å². The Morgan fingerprint density at radius 3 is 2.31 bits per heavy atom. The highest BCUT2D eigenvalue weighted by atomic mass is 32.2. The van der Waals surface area contributed by atoms with Gasteiger partial charge in [0.2, 0.25) is 0 Å². The van der Waals surface area contributed by atoms with Gasteiger partial charge in [0.15, 0.2) is 23.1 Å². The summed E-state index contributed by atoms with van der Waals surface area (Å²) < 4.78 is 34.3. The van der Waals surface area contributed by atoms with Crippen LogP contribution in [-0.4, -0.2) is 62.0 Å². The van der Waals surface area contributed by atoms with Gasteiger partial charge in [0.1, 0.15) is 5.75 Å². The topological polar surface area (TPSA) is 90.0 Å². The van der Waals surface area contributed by atoms with Gasteiger partial charge in [0, 0.05) is 12.1 Å². The normalized spacial score (nSPS) is 18.9. The SMILES string of the molecule is CC[C@H](C)N(C(=O)COC(=O)COc1c(C)cc(C)cc1C)[C@H]1CCS(=O)(=O)C1. The Morgan fingerprint density at radius 1 is 1.17 bits per heavy atom. The second-order valence-corrected chi connectivity index (χ2v) is 10.0. The van der Waals surface area contributed by atoms with E-state index < -0.39 is 22.4 Å². The zero-order valence-corrected chi connectivity index (χ0v) is 18.7. The second kappa shape index (κ2) is 9.61. The zero-order valence-electron chi connectivity index (χ0n) is 17.9. The maximum Gasteiger partial charge on any atom is 0.344 e. The first-order valence-electron chi connectivity index (χ1n) is 9.92. The van der Waals surface area contributed by atoms with Crippen LogP contribution in [0.5, 0.6) is 5.75 Å². The van der Waals surface area contributed by atoms with Crippen molar-refractivity contribution in [3.8, 4) is 5.75 Å². The van der Waals surface area contributed by atoms with Gasteiger partial charge in [-0.3, -0.25) is 4.79 Å². The van der Waals surface area contributed by atoms with Crippen molar-refractivity contribution in [2.24, 2.45) is 0 Å². The van der Waals surface area contributed by atoms with E-state index in [0.29, 0.717) is 18.6 Å². The van der Waals surface area contributed by atoms with E-state index in [2.05, 4.69) is 0 Å². The maximum atomic E-state index is 12.7. The third kappa shape index (κ3) is 6.19. The van der Waals surface area contributed by atoms with Crippen LogP contribution >= 0.6 is 0 Å². The molecule has 8 heteroatoms. The van der Waals surface area contributed by atoms with Gasteiger partial charge in [0.25, 0.3) is 5.91 Å². The van der Waals surface area contributed by atoms with Gasteiger partial charge < -0.3 is 14.4 Å². The first kappa shape index (κ1) is 23.2. The summed E-state index contributed by atoms with van der Waals surface area (Å²) in [5.74, 6) is -0.331. The number of hydrogen-bond acceptors (Lipinski definition) is 6. The average molecular weight is 426 g/mol. The minimum Gasteiger partial charge on any atom is -0.481 e. The molecule has 0 spiro atoms. The lowest BCUT2D eigenvalue weighted by atomic mass is 10.1. The molecule has 0 aliphatic carbocycles. The van der Waals surface area contributed by atoms with E-state index >= 15 is 0 Å². The number of nitrogens with zero attached hydrogens (tertiary/aromatic N) is 1. The number of aryl methyl sites for hydroxylation is 3. The van der Waals surface area contributed by atoms with E-state index in [1.165, 1.54) is 0 Å². The monoisotopic (exact) mass is 425 g/mol. The highest BCUT2D eigenvalue weighted by Gasteiger charge is 2.36. The first-order chi connectivity index (χ1) is 13.5. The fourth-order valence-electron chi connectivity index (χ4n) is 3.78. The van der Waals surface area contributed by atoms with Gasteiger partial charge in [-0.1, -0.05) is 24.6 Å². The van der Waals surface area contributed by atoms with Gasteiger partial charge >= 0.3 is 5.97 Å². The first-order valence-corrected chi connectivity index (χ1v) is 11.7. The standard InChI is InChI=1S/C21H31NO6S/c1-6-17(5)22(18-7-8-29(25,26)13-18)19(23)11-27-20(24)12-28-21-15(3)9-14(2)10-16(21)4/h9-10,17-18H,6-8,11-13H2,1-5H3/t17-,18-/m0/s1. The number of hydrogen-bond donors (Lipinski definition) is 0. The van der Waals surface area contributed by atoms with Crippen LogP contribution in [0.15, 0.2) is 12.1 Å². The van der Waals surface area contributed by atoms with E-state index in [1.807, 2.05) is 46.8 Å². The Balaban J connectivity index is 1.93. The van der Waals surface area contributed by atoms with E-state index in [4.69, 9.17) is 9.47 Å². The minimum absolute atomic E-state index is 0.0356. The van der Waals surface area contributed by atoms with Gasteiger partial charge in [0.05, 0.1) is 11.5 Å². The zero-order chi connectivity index (χ0) is 21.8. The summed E-state index contributed by atoms with van der Waals surface area (Å²) in [6, 6.07) is 3.44. The number of carbonyl (C=O) groups excluding carboxylic acids is 2. The molecule has 7 nitrogen and oxygen atoms in total. The minimum atomic E-state index is -3.12. The molecule has 1 aromatic carbocycles. The molecule has 1 aromatic rings. The lowest BCUT2D eigenvalue weighted by Crippen LogP contribution is -2.48. The molecule has 1 fully saturated rings. The number of benzene rings is 1. The fourth-order valence-corrected chi connectivity index (χ4v) is 5.50. The summed E-state index contributed by atoms with van der Waals surface area (Å²) in [7, 11) is -3.12.